The van der Waals surface area contributed by atoms with Gasteiger partial charge in [0.25, 0.3) is 0 Å². The minimum absolute atomic E-state index is 0.0901. The van der Waals surface area contributed by atoms with Crippen LogP contribution in [0.4, 0.5) is 0 Å². The minimum atomic E-state index is -1.20. The molecule has 0 amide bonds. The van der Waals surface area contributed by atoms with Gasteiger partial charge in [-0.05, 0) is 18.4 Å². The first-order valence-electron chi connectivity index (χ1n) is 5.80. The van der Waals surface area contributed by atoms with Gasteiger partial charge in [0.05, 0.1) is 7.11 Å². The number of terminal acetylenes is 1. The summed E-state index contributed by atoms with van der Waals surface area (Å²) in [6.07, 6.45) is 6.48. The number of hydrogen-bond acceptors (Lipinski definition) is 3. The fourth-order valence-electron chi connectivity index (χ4n) is 2.48. The van der Waals surface area contributed by atoms with Crippen LogP contribution in [-0.4, -0.2) is 18.9 Å². The summed E-state index contributed by atoms with van der Waals surface area (Å²) in [7, 11) is 1.29. The van der Waals surface area contributed by atoms with Gasteiger partial charge in [-0.25, -0.2) is 0 Å². The van der Waals surface area contributed by atoms with Gasteiger partial charge in [-0.15, -0.1) is 12.3 Å². The second kappa shape index (κ2) is 4.66. The first-order valence-corrected chi connectivity index (χ1v) is 5.80. The van der Waals surface area contributed by atoms with Crippen LogP contribution in [0.3, 0.4) is 0 Å². The molecule has 3 heteroatoms. The molecule has 0 N–H and O–H groups in total. The van der Waals surface area contributed by atoms with Crippen molar-refractivity contribution >= 4 is 11.8 Å². The van der Waals surface area contributed by atoms with Gasteiger partial charge in [0.1, 0.15) is 5.41 Å². The third-order valence-electron chi connectivity index (χ3n) is 3.50. The van der Waals surface area contributed by atoms with Crippen molar-refractivity contribution in [1.82, 2.24) is 0 Å². The first kappa shape index (κ1) is 12.4. The Balaban J connectivity index is 2.51. The molecule has 1 aromatic carbocycles. The van der Waals surface area contributed by atoms with Gasteiger partial charge in [-0.1, -0.05) is 24.3 Å². The summed E-state index contributed by atoms with van der Waals surface area (Å²) in [6.45, 7) is 0. The zero-order valence-electron chi connectivity index (χ0n) is 10.2. The lowest BCUT2D eigenvalue weighted by atomic mass is 9.68. The molecule has 1 aliphatic carbocycles. The molecule has 0 saturated heterocycles. The van der Waals surface area contributed by atoms with Gasteiger partial charge in [-0.2, -0.15) is 0 Å². The topological polar surface area (TPSA) is 43.4 Å². The Labute approximate surface area is 106 Å². The number of ether oxygens (including phenoxy) is 1. The van der Waals surface area contributed by atoms with Crippen molar-refractivity contribution in [3.63, 3.8) is 0 Å². The molecule has 18 heavy (non-hydrogen) atoms. The molecule has 0 aromatic heterocycles. The second-order valence-electron chi connectivity index (χ2n) is 4.44. The van der Waals surface area contributed by atoms with Gasteiger partial charge >= 0.3 is 5.97 Å². The monoisotopic (exact) mass is 242 g/mol. The van der Waals surface area contributed by atoms with Gasteiger partial charge in [0.2, 0.25) is 0 Å². The summed E-state index contributed by atoms with van der Waals surface area (Å²) < 4.78 is 4.78. The van der Waals surface area contributed by atoms with Crippen LogP contribution < -0.4 is 0 Å². The van der Waals surface area contributed by atoms with E-state index in [1.54, 1.807) is 12.1 Å². The number of benzene rings is 1. The maximum absolute atomic E-state index is 12.5. The summed E-state index contributed by atoms with van der Waals surface area (Å²) in [6, 6.07) is 7.33. The Morgan fingerprint density at radius 3 is 2.89 bits per heavy atom. The predicted molar refractivity (Wildman–Crippen MR) is 67.0 cm³/mol. The number of Topliss-reactive ketones (excluding diaryl/α,β-unsaturated/α-hetero) is 1. The maximum Gasteiger partial charge on any atom is 0.320 e. The van der Waals surface area contributed by atoms with E-state index in [1.807, 2.05) is 12.1 Å². The average Bonchev–Trinajstić information content (AvgIpc) is 2.41. The molecule has 1 aliphatic rings. The van der Waals surface area contributed by atoms with Crippen LogP contribution in [0.25, 0.3) is 0 Å². The molecular weight excluding hydrogens is 228 g/mol. The van der Waals surface area contributed by atoms with Crippen LogP contribution in [0.15, 0.2) is 24.3 Å². The summed E-state index contributed by atoms with van der Waals surface area (Å²) in [4.78, 5) is 24.5. The summed E-state index contributed by atoms with van der Waals surface area (Å²) in [5.41, 5.74) is 0.362. The quantitative estimate of drug-likeness (QED) is 0.452. The highest BCUT2D eigenvalue weighted by Crippen LogP contribution is 2.39. The molecule has 2 rings (SSSR count). The third kappa shape index (κ3) is 1.70. The van der Waals surface area contributed by atoms with Crippen molar-refractivity contribution in [3.8, 4) is 12.3 Å². The van der Waals surface area contributed by atoms with E-state index in [0.29, 0.717) is 18.4 Å². The SMILES string of the molecule is C#CCC1(C(=O)OC)CCc2ccccc2C1=O. The normalized spacial score (nSPS) is 21.9. The third-order valence-corrected chi connectivity index (χ3v) is 3.50. The lowest BCUT2D eigenvalue weighted by Gasteiger charge is -2.32. The van der Waals surface area contributed by atoms with Crippen LogP contribution in [0.1, 0.15) is 28.8 Å². The first-order chi connectivity index (χ1) is 8.65. The molecule has 0 bridgehead atoms. The summed E-state index contributed by atoms with van der Waals surface area (Å²) >= 11 is 0. The van der Waals surface area contributed by atoms with Crippen LogP contribution in [0.2, 0.25) is 0 Å². The molecule has 0 radical (unpaired) electrons. The summed E-state index contributed by atoms with van der Waals surface area (Å²) in [5.74, 6) is 1.69. The molecule has 0 aliphatic heterocycles. The number of methoxy groups -OCH3 is 1. The van der Waals surface area contributed by atoms with E-state index >= 15 is 0 Å². The highest BCUT2D eigenvalue weighted by atomic mass is 16.5. The number of carbonyl (C=O) groups excluding carboxylic acids is 2. The highest BCUT2D eigenvalue weighted by molar-refractivity contribution is 6.14. The van der Waals surface area contributed by atoms with Crippen molar-refractivity contribution < 1.29 is 14.3 Å². The van der Waals surface area contributed by atoms with E-state index < -0.39 is 11.4 Å². The van der Waals surface area contributed by atoms with Crippen LogP contribution in [0.5, 0.6) is 0 Å². The van der Waals surface area contributed by atoms with E-state index in [1.165, 1.54) is 7.11 Å². The molecule has 0 spiro atoms. The standard InChI is InChI=1S/C15H14O3/c1-3-9-15(14(17)18-2)10-8-11-6-4-5-7-12(11)13(15)16/h1,4-7H,8-10H2,2H3. The van der Waals surface area contributed by atoms with E-state index in [2.05, 4.69) is 5.92 Å². The smallest absolute Gasteiger partial charge is 0.320 e. The second-order valence-corrected chi connectivity index (χ2v) is 4.44. The number of rotatable bonds is 2. The number of aryl methyl sites for hydroxylation is 1. The van der Waals surface area contributed by atoms with Gasteiger partial charge in [0, 0.05) is 12.0 Å². The Bertz CT molecular complexity index is 539. The van der Waals surface area contributed by atoms with Gasteiger partial charge < -0.3 is 4.74 Å². The molecule has 0 heterocycles. The minimum Gasteiger partial charge on any atom is -0.468 e. The average molecular weight is 242 g/mol. The number of esters is 1. The molecule has 1 unspecified atom stereocenters. The number of ketones is 1. The maximum atomic E-state index is 12.5. The van der Waals surface area contributed by atoms with Crippen molar-refractivity contribution in [3.05, 3.63) is 35.4 Å². The molecule has 92 valence electrons. The van der Waals surface area contributed by atoms with Crippen LogP contribution >= 0.6 is 0 Å². The van der Waals surface area contributed by atoms with Gasteiger partial charge in [-0.3, -0.25) is 9.59 Å². The van der Waals surface area contributed by atoms with Crippen molar-refractivity contribution in [2.24, 2.45) is 5.41 Å². The zero-order valence-corrected chi connectivity index (χ0v) is 10.2. The fourth-order valence-corrected chi connectivity index (χ4v) is 2.48. The Hall–Kier alpha value is -2.08. The van der Waals surface area contributed by atoms with Crippen molar-refractivity contribution in [1.29, 1.82) is 0 Å². The highest BCUT2D eigenvalue weighted by Gasteiger charge is 2.49. The Kier molecular flexibility index (Phi) is 3.20. The van der Waals surface area contributed by atoms with Gasteiger partial charge in [0.15, 0.2) is 5.78 Å². The lowest BCUT2D eigenvalue weighted by molar-refractivity contribution is -0.150. The van der Waals surface area contributed by atoms with Crippen LogP contribution in [0, 0.1) is 17.8 Å². The molecule has 3 nitrogen and oxygen atoms in total. The number of hydrogen-bond donors (Lipinski definition) is 0. The summed E-state index contributed by atoms with van der Waals surface area (Å²) in [5, 5.41) is 0. The van der Waals surface area contributed by atoms with E-state index in [-0.39, 0.29) is 12.2 Å². The van der Waals surface area contributed by atoms with Crippen molar-refractivity contribution in [2.45, 2.75) is 19.3 Å². The van der Waals surface area contributed by atoms with Crippen LogP contribution in [-0.2, 0) is 16.0 Å². The molecule has 0 saturated carbocycles. The number of fused-ring (bicyclic) bond motifs is 1. The molecule has 0 fully saturated rings. The fraction of sp³-hybridized carbons (Fsp3) is 0.333. The van der Waals surface area contributed by atoms with E-state index in [0.717, 1.165) is 5.56 Å². The molecule has 1 atom stereocenters. The van der Waals surface area contributed by atoms with Crippen molar-refractivity contribution in [2.75, 3.05) is 7.11 Å². The molecule has 1 aromatic rings. The Morgan fingerprint density at radius 1 is 1.50 bits per heavy atom. The predicted octanol–water partition coefficient (Wildman–Crippen LogP) is 2.00. The largest absolute Gasteiger partial charge is 0.468 e. The Morgan fingerprint density at radius 2 is 2.22 bits per heavy atom. The van der Waals surface area contributed by atoms with E-state index in [9.17, 15) is 9.59 Å². The number of carbonyl (C=O) groups is 2. The van der Waals surface area contributed by atoms with E-state index in [4.69, 9.17) is 11.2 Å². The zero-order chi connectivity index (χ0) is 13.2. The molecular formula is C15H14O3. The lowest BCUT2D eigenvalue weighted by Crippen LogP contribution is -2.43.